The summed E-state index contributed by atoms with van der Waals surface area (Å²) >= 11 is 1.96. The van der Waals surface area contributed by atoms with Crippen molar-refractivity contribution in [1.29, 1.82) is 0 Å². The minimum atomic E-state index is -0.527. The first-order valence-corrected chi connectivity index (χ1v) is 5.47. The fourth-order valence-corrected chi connectivity index (χ4v) is 1.64. The molecule has 0 aliphatic heterocycles. The number of halogens is 1. The molecule has 0 atom stereocenters. The van der Waals surface area contributed by atoms with E-state index < -0.39 is 4.92 Å². The maximum absolute atomic E-state index is 11.6. The third-order valence-electron chi connectivity index (χ3n) is 1.81. The molecule has 1 rings (SSSR count). The van der Waals surface area contributed by atoms with Crippen LogP contribution in [0.15, 0.2) is 30.9 Å². The molecule has 1 aromatic rings. The van der Waals surface area contributed by atoms with Crippen molar-refractivity contribution < 1.29 is 9.72 Å². The van der Waals surface area contributed by atoms with E-state index in [1.807, 2.05) is 22.6 Å². The van der Waals surface area contributed by atoms with Crippen molar-refractivity contribution in [2.45, 2.75) is 0 Å². The van der Waals surface area contributed by atoms with Gasteiger partial charge in [0.05, 0.1) is 10.5 Å². The third-order valence-corrected chi connectivity index (χ3v) is 2.75. The molecule has 0 aliphatic rings. The summed E-state index contributed by atoms with van der Waals surface area (Å²) in [5, 5.41) is 13.1. The fraction of sp³-hybridized carbons (Fsp3) is 0.100. The first-order valence-electron chi connectivity index (χ1n) is 4.39. The number of nitrogens with zero attached hydrogens (tertiary/aromatic N) is 1. The number of nitro groups is 1. The summed E-state index contributed by atoms with van der Waals surface area (Å²) in [4.78, 5) is 21.6. The van der Waals surface area contributed by atoms with E-state index in [4.69, 9.17) is 0 Å². The molecular weight excluding hydrogens is 323 g/mol. The van der Waals surface area contributed by atoms with Crippen molar-refractivity contribution in [2.75, 3.05) is 6.54 Å². The van der Waals surface area contributed by atoms with Gasteiger partial charge in [0.2, 0.25) is 0 Å². The predicted molar refractivity (Wildman–Crippen MR) is 68.3 cm³/mol. The summed E-state index contributed by atoms with van der Waals surface area (Å²) < 4.78 is 0.671. The molecule has 0 aliphatic carbocycles. The Balaban J connectivity index is 3.02. The van der Waals surface area contributed by atoms with E-state index in [0.717, 1.165) is 0 Å². The average Bonchev–Trinajstić information content (AvgIpc) is 2.26. The molecule has 0 unspecified atom stereocenters. The number of amides is 1. The van der Waals surface area contributed by atoms with Crippen LogP contribution in [0.5, 0.6) is 0 Å². The zero-order valence-corrected chi connectivity index (χ0v) is 10.4. The van der Waals surface area contributed by atoms with E-state index in [1.54, 1.807) is 12.1 Å². The lowest BCUT2D eigenvalue weighted by molar-refractivity contribution is -0.384. The summed E-state index contributed by atoms with van der Waals surface area (Å²) in [5.74, 6) is -0.340. The molecule has 6 heteroatoms. The van der Waals surface area contributed by atoms with Crippen molar-refractivity contribution in [2.24, 2.45) is 0 Å². The fourth-order valence-electron chi connectivity index (χ4n) is 1.06. The quantitative estimate of drug-likeness (QED) is 0.397. The first kappa shape index (κ1) is 12.6. The Labute approximate surface area is 106 Å². The monoisotopic (exact) mass is 332 g/mol. The third kappa shape index (κ3) is 3.02. The van der Waals surface area contributed by atoms with E-state index >= 15 is 0 Å². The van der Waals surface area contributed by atoms with Crippen LogP contribution >= 0.6 is 22.6 Å². The van der Waals surface area contributed by atoms with Gasteiger partial charge in [0.15, 0.2) is 0 Å². The Morgan fingerprint density at radius 3 is 2.88 bits per heavy atom. The van der Waals surface area contributed by atoms with Crippen LogP contribution in [0.3, 0.4) is 0 Å². The number of nitro benzene ring substituents is 1. The Bertz CT molecular complexity index is 446. The second-order valence-corrected chi connectivity index (χ2v) is 4.08. The number of rotatable bonds is 4. The van der Waals surface area contributed by atoms with E-state index in [-0.39, 0.29) is 11.6 Å². The zero-order valence-electron chi connectivity index (χ0n) is 8.27. The minimum Gasteiger partial charge on any atom is -0.349 e. The van der Waals surface area contributed by atoms with Gasteiger partial charge in [-0.25, -0.2) is 0 Å². The summed E-state index contributed by atoms with van der Waals surface area (Å²) in [6.07, 6.45) is 1.54. The summed E-state index contributed by atoms with van der Waals surface area (Å²) in [6, 6.07) is 4.17. The lowest BCUT2D eigenvalue weighted by atomic mass is 10.2. The number of non-ortho nitro benzene ring substituents is 1. The van der Waals surface area contributed by atoms with Crippen LogP contribution in [0.25, 0.3) is 0 Å². The normalized spacial score (nSPS) is 9.56. The Hall–Kier alpha value is -1.44. The molecule has 16 heavy (non-hydrogen) atoms. The van der Waals surface area contributed by atoms with Gasteiger partial charge in [0, 0.05) is 22.2 Å². The largest absolute Gasteiger partial charge is 0.349 e. The van der Waals surface area contributed by atoms with Crippen molar-refractivity contribution in [3.05, 3.63) is 50.1 Å². The number of hydrogen-bond donors (Lipinski definition) is 1. The van der Waals surface area contributed by atoms with Crippen LogP contribution in [-0.2, 0) is 0 Å². The highest BCUT2D eigenvalue weighted by molar-refractivity contribution is 14.1. The van der Waals surface area contributed by atoms with Gasteiger partial charge in [0.1, 0.15) is 0 Å². The molecule has 0 spiro atoms. The molecule has 0 fully saturated rings. The Morgan fingerprint density at radius 1 is 1.62 bits per heavy atom. The van der Waals surface area contributed by atoms with Crippen molar-refractivity contribution in [3.63, 3.8) is 0 Å². The van der Waals surface area contributed by atoms with Gasteiger partial charge >= 0.3 is 0 Å². The second-order valence-electron chi connectivity index (χ2n) is 2.92. The molecule has 84 valence electrons. The minimum absolute atomic E-state index is 0.0934. The molecule has 0 heterocycles. The van der Waals surface area contributed by atoms with Crippen molar-refractivity contribution in [3.8, 4) is 0 Å². The SMILES string of the molecule is C=CCNC(=O)c1cc([N+](=O)[O-])ccc1I. The number of carbonyl (C=O) groups is 1. The van der Waals surface area contributed by atoms with E-state index in [0.29, 0.717) is 15.7 Å². The second kappa shape index (κ2) is 5.59. The lowest BCUT2D eigenvalue weighted by Crippen LogP contribution is -2.24. The molecule has 0 bridgehead atoms. The lowest BCUT2D eigenvalue weighted by Gasteiger charge is -2.04. The van der Waals surface area contributed by atoms with Crippen LogP contribution in [0.1, 0.15) is 10.4 Å². The molecule has 1 N–H and O–H groups in total. The maximum atomic E-state index is 11.6. The number of hydrogen-bond acceptors (Lipinski definition) is 3. The smallest absolute Gasteiger partial charge is 0.270 e. The van der Waals surface area contributed by atoms with Crippen LogP contribution in [0, 0.1) is 13.7 Å². The maximum Gasteiger partial charge on any atom is 0.270 e. The molecule has 0 radical (unpaired) electrons. The van der Waals surface area contributed by atoms with Gasteiger partial charge < -0.3 is 5.32 Å². The first-order chi connectivity index (χ1) is 7.56. The molecular formula is C10H9IN2O3. The highest BCUT2D eigenvalue weighted by Gasteiger charge is 2.14. The van der Waals surface area contributed by atoms with Gasteiger partial charge in [0.25, 0.3) is 11.6 Å². The van der Waals surface area contributed by atoms with Crippen LogP contribution in [0.4, 0.5) is 5.69 Å². The highest BCUT2D eigenvalue weighted by Crippen LogP contribution is 2.19. The molecule has 1 aromatic carbocycles. The Kier molecular flexibility index (Phi) is 4.41. The number of carbonyl (C=O) groups excluding carboxylic acids is 1. The number of nitrogens with one attached hydrogen (secondary N) is 1. The molecule has 0 saturated carbocycles. The van der Waals surface area contributed by atoms with Crippen LogP contribution in [0.2, 0.25) is 0 Å². The summed E-state index contributed by atoms with van der Waals surface area (Å²) in [7, 11) is 0. The molecule has 0 saturated heterocycles. The molecule has 1 amide bonds. The molecule has 0 aromatic heterocycles. The van der Waals surface area contributed by atoms with Crippen LogP contribution in [-0.4, -0.2) is 17.4 Å². The number of benzene rings is 1. The molecule has 5 nitrogen and oxygen atoms in total. The van der Waals surface area contributed by atoms with E-state index in [2.05, 4.69) is 11.9 Å². The summed E-state index contributed by atoms with van der Waals surface area (Å²) in [5.41, 5.74) is 0.209. The van der Waals surface area contributed by atoms with Gasteiger partial charge in [-0.3, -0.25) is 14.9 Å². The van der Waals surface area contributed by atoms with Gasteiger partial charge in [-0.2, -0.15) is 0 Å². The van der Waals surface area contributed by atoms with Crippen molar-refractivity contribution >= 4 is 34.2 Å². The van der Waals surface area contributed by atoms with Crippen LogP contribution < -0.4 is 5.32 Å². The van der Waals surface area contributed by atoms with E-state index in [1.165, 1.54) is 12.1 Å². The average molecular weight is 332 g/mol. The van der Waals surface area contributed by atoms with Gasteiger partial charge in [-0.1, -0.05) is 6.08 Å². The Morgan fingerprint density at radius 2 is 2.31 bits per heavy atom. The zero-order chi connectivity index (χ0) is 12.1. The van der Waals surface area contributed by atoms with Gasteiger partial charge in [-0.05, 0) is 28.7 Å². The van der Waals surface area contributed by atoms with E-state index in [9.17, 15) is 14.9 Å². The van der Waals surface area contributed by atoms with Gasteiger partial charge in [-0.15, -0.1) is 6.58 Å². The van der Waals surface area contributed by atoms with Crippen molar-refractivity contribution in [1.82, 2.24) is 5.32 Å². The summed E-state index contributed by atoms with van der Waals surface area (Å²) in [6.45, 7) is 3.80. The standard InChI is InChI=1S/C10H9IN2O3/c1-2-5-12-10(14)8-6-7(13(15)16)3-4-9(8)11/h2-4,6H,1,5H2,(H,12,14). The predicted octanol–water partition coefficient (Wildman–Crippen LogP) is 2.12. The topological polar surface area (TPSA) is 72.2 Å². The highest BCUT2D eigenvalue weighted by atomic mass is 127.